The van der Waals surface area contributed by atoms with E-state index in [1.54, 1.807) is 16.2 Å². The highest BCUT2D eigenvalue weighted by Crippen LogP contribution is 2.30. The molecule has 1 aromatic heterocycles. The number of rotatable bonds is 2. The smallest absolute Gasteiger partial charge is 0.254 e. The highest BCUT2D eigenvalue weighted by atomic mass is 35.5. The Labute approximate surface area is 135 Å². The van der Waals surface area contributed by atoms with E-state index in [-0.39, 0.29) is 22.6 Å². The zero-order valence-electron chi connectivity index (χ0n) is 11.5. The van der Waals surface area contributed by atoms with Crippen LogP contribution in [0.1, 0.15) is 21.3 Å². The molecule has 22 heavy (non-hydrogen) atoms. The monoisotopic (exact) mass is 341 g/mol. The van der Waals surface area contributed by atoms with Gasteiger partial charge in [-0.25, -0.2) is 4.39 Å². The minimum absolute atomic E-state index is 0.118. The Morgan fingerprint density at radius 1 is 1.50 bits per heavy atom. The fourth-order valence-electron chi connectivity index (χ4n) is 2.35. The van der Waals surface area contributed by atoms with Crippen molar-refractivity contribution in [2.24, 2.45) is 0 Å². The second kappa shape index (κ2) is 6.24. The summed E-state index contributed by atoms with van der Waals surface area (Å²) in [5.74, 6) is -1.87. The molecule has 2 heterocycles. The minimum atomic E-state index is -0.904. The van der Waals surface area contributed by atoms with E-state index in [9.17, 15) is 14.3 Å². The van der Waals surface area contributed by atoms with E-state index in [4.69, 9.17) is 16.3 Å². The first-order valence-corrected chi connectivity index (χ1v) is 7.94. The fourth-order valence-corrected chi connectivity index (χ4v) is 3.33. The summed E-state index contributed by atoms with van der Waals surface area (Å²) in [6.07, 6.45) is -0.171. The van der Waals surface area contributed by atoms with Gasteiger partial charge in [0.05, 0.1) is 18.2 Å². The molecule has 3 rings (SSSR count). The molecule has 1 aliphatic rings. The maximum Gasteiger partial charge on any atom is 0.254 e. The van der Waals surface area contributed by atoms with Gasteiger partial charge in [0.25, 0.3) is 5.91 Å². The van der Waals surface area contributed by atoms with Crippen molar-refractivity contribution in [1.82, 2.24) is 4.90 Å². The number of aromatic hydroxyl groups is 1. The molecule has 0 aliphatic carbocycles. The Morgan fingerprint density at radius 3 is 3.00 bits per heavy atom. The Kier molecular flexibility index (Phi) is 4.33. The summed E-state index contributed by atoms with van der Waals surface area (Å²) < 4.78 is 19.2. The van der Waals surface area contributed by atoms with Gasteiger partial charge in [0, 0.05) is 17.0 Å². The molecule has 4 nitrogen and oxygen atoms in total. The summed E-state index contributed by atoms with van der Waals surface area (Å²) in [5.41, 5.74) is 0.118. The standard InChI is InChI=1S/C15H13ClFNO3S/c16-10-6-9(7-11(17)14(10)19)15(20)18-3-4-21-12(8-18)13-2-1-5-22-13/h1-2,5-7,12,19H,3-4,8H2/t12-/m1/s1. The summed E-state index contributed by atoms with van der Waals surface area (Å²) in [7, 11) is 0. The van der Waals surface area contributed by atoms with Crippen LogP contribution in [0.3, 0.4) is 0 Å². The number of ether oxygens (including phenoxy) is 1. The van der Waals surface area contributed by atoms with Gasteiger partial charge in [-0.2, -0.15) is 0 Å². The number of phenolic OH excluding ortho intramolecular Hbond substituents is 1. The van der Waals surface area contributed by atoms with Gasteiger partial charge in [0.15, 0.2) is 11.6 Å². The van der Waals surface area contributed by atoms with Crippen LogP contribution in [0.5, 0.6) is 5.75 Å². The van der Waals surface area contributed by atoms with E-state index >= 15 is 0 Å². The molecule has 1 N–H and O–H groups in total. The lowest BCUT2D eigenvalue weighted by Gasteiger charge is -2.32. The molecule has 116 valence electrons. The number of hydrogen-bond acceptors (Lipinski definition) is 4. The molecular weight excluding hydrogens is 329 g/mol. The number of carbonyl (C=O) groups is 1. The molecule has 0 spiro atoms. The Balaban J connectivity index is 1.80. The zero-order chi connectivity index (χ0) is 15.7. The van der Waals surface area contributed by atoms with Crippen molar-refractivity contribution in [2.75, 3.05) is 19.7 Å². The third-order valence-electron chi connectivity index (χ3n) is 3.48. The van der Waals surface area contributed by atoms with Crippen LogP contribution >= 0.6 is 22.9 Å². The predicted molar refractivity (Wildman–Crippen MR) is 82.0 cm³/mol. The summed E-state index contributed by atoms with van der Waals surface area (Å²) in [4.78, 5) is 15.2. The lowest BCUT2D eigenvalue weighted by atomic mass is 10.1. The van der Waals surface area contributed by atoms with Crippen LogP contribution in [0.2, 0.25) is 5.02 Å². The number of thiophene rings is 1. The van der Waals surface area contributed by atoms with Gasteiger partial charge in [0.1, 0.15) is 6.10 Å². The van der Waals surface area contributed by atoms with E-state index in [0.717, 1.165) is 10.9 Å². The molecule has 7 heteroatoms. The third-order valence-corrected chi connectivity index (χ3v) is 4.73. The lowest BCUT2D eigenvalue weighted by molar-refractivity contribution is -0.0211. The molecule has 1 aliphatic heterocycles. The van der Waals surface area contributed by atoms with Gasteiger partial charge in [-0.05, 0) is 23.6 Å². The Hall–Kier alpha value is -1.63. The topological polar surface area (TPSA) is 49.8 Å². The normalized spacial score (nSPS) is 18.5. The number of amides is 1. The number of benzene rings is 1. The Bertz CT molecular complexity index is 669. The van der Waals surface area contributed by atoms with Crippen molar-refractivity contribution in [2.45, 2.75) is 6.10 Å². The van der Waals surface area contributed by atoms with Crippen molar-refractivity contribution in [3.63, 3.8) is 0 Å². The van der Waals surface area contributed by atoms with E-state index in [2.05, 4.69) is 0 Å². The number of halogens is 2. The molecule has 1 saturated heterocycles. The van der Waals surface area contributed by atoms with Crippen LogP contribution in [0.25, 0.3) is 0 Å². The molecule has 1 amide bonds. The van der Waals surface area contributed by atoms with E-state index in [1.807, 2.05) is 17.5 Å². The summed E-state index contributed by atoms with van der Waals surface area (Å²) in [5, 5.41) is 11.1. The SMILES string of the molecule is O=C(c1cc(F)c(O)c(Cl)c1)N1CCO[C@@H](c2cccs2)C1. The van der Waals surface area contributed by atoms with Gasteiger partial charge < -0.3 is 14.7 Å². The first-order valence-electron chi connectivity index (χ1n) is 6.68. The zero-order valence-corrected chi connectivity index (χ0v) is 13.0. The summed E-state index contributed by atoms with van der Waals surface area (Å²) >= 11 is 7.30. The average molecular weight is 342 g/mol. The number of phenols is 1. The maximum absolute atomic E-state index is 13.5. The van der Waals surface area contributed by atoms with E-state index < -0.39 is 11.6 Å². The van der Waals surface area contributed by atoms with Crippen LogP contribution < -0.4 is 0 Å². The Morgan fingerprint density at radius 2 is 2.32 bits per heavy atom. The fraction of sp³-hybridized carbons (Fsp3) is 0.267. The molecule has 0 unspecified atom stereocenters. The average Bonchev–Trinajstić information content (AvgIpc) is 3.06. The number of morpholine rings is 1. The first-order chi connectivity index (χ1) is 10.6. The van der Waals surface area contributed by atoms with Crippen LogP contribution in [0, 0.1) is 5.82 Å². The quantitative estimate of drug-likeness (QED) is 0.910. The number of nitrogens with zero attached hydrogens (tertiary/aromatic N) is 1. The molecule has 1 aromatic carbocycles. The molecule has 1 fully saturated rings. The van der Waals surface area contributed by atoms with Gasteiger partial charge in [0.2, 0.25) is 0 Å². The van der Waals surface area contributed by atoms with Crippen molar-refractivity contribution in [1.29, 1.82) is 0 Å². The van der Waals surface area contributed by atoms with E-state index in [1.165, 1.54) is 6.07 Å². The summed E-state index contributed by atoms with van der Waals surface area (Å²) in [6.45, 7) is 1.25. The van der Waals surface area contributed by atoms with Crippen LogP contribution in [0.4, 0.5) is 4.39 Å². The molecule has 0 radical (unpaired) electrons. The highest BCUT2D eigenvalue weighted by Gasteiger charge is 2.27. The van der Waals surface area contributed by atoms with Gasteiger partial charge in [-0.15, -0.1) is 11.3 Å². The number of carbonyl (C=O) groups excluding carboxylic acids is 1. The first kappa shape index (κ1) is 15.3. The van der Waals surface area contributed by atoms with Crippen LogP contribution in [-0.4, -0.2) is 35.6 Å². The van der Waals surface area contributed by atoms with Gasteiger partial charge >= 0.3 is 0 Å². The molecule has 0 bridgehead atoms. The minimum Gasteiger partial charge on any atom is -0.504 e. The molecule has 1 atom stereocenters. The third kappa shape index (κ3) is 2.95. The lowest BCUT2D eigenvalue weighted by Crippen LogP contribution is -2.42. The van der Waals surface area contributed by atoms with E-state index in [0.29, 0.717) is 19.7 Å². The second-order valence-corrected chi connectivity index (χ2v) is 6.30. The maximum atomic E-state index is 13.5. The molecule has 2 aromatic rings. The summed E-state index contributed by atoms with van der Waals surface area (Å²) in [6, 6.07) is 6.16. The van der Waals surface area contributed by atoms with Crippen molar-refractivity contribution < 1.29 is 19.0 Å². The predicted octanol–water partition coefficient (Wildman–Crippen LogP) is 3.46. The second-order valence-electron chi connectivity index (χ2n) is 4.91. The van der Waals surface area contributed by atoms with Crippen molar-refractivity contribution >= 4 is 28.8 Å². The molecular formula is C15H13ClFNO3S. The van der Waals surface area contributed by atoms with Gasteiger partial charge in [-0.1, -0.05) is 17.7 Å². The van der Waals surface area contributed by atoms with Gasteiger partial charge in [-0.3, -0.25) is 4.79 Å². The van der Waals surface area contributed by atoms with Crippen molar-refractivity contribution in [3.8, 4) is 5.75 Å². The molecule has 0 saturated carbocycles. The van der Waals surface area contributed by atoms with Crippen LogP contribution in [0.15, 0.2) is 29.6 Å². The van der Waals surface area contributed by atoms with Crippen molar-refractivity contribution in [3.05, 3.63) is 50.9 Å². The van der Waals surface area contributed by atoms with Crippen LogP contribution in [-0.2, 0) is 4.74 Å². The largest absolute Gasteiger partial charge is 0.504 e. The highest BCUT2D eigenvalue weighted by molar-refractivity contribution is 7.10. The number of hydrogen-bond donors (Lipinski definition) is 1.